The first-order valence-electron chi connectivity index (χ1n) is 10.6. The third-order valence-corrected chi connectivity index (χ3v) is 5.55. The van der Waals surface area contributed by atoms with E-state index in [0.717, 1.165) is 26.6 Å². The second-order valence-corrected chi connectivity index (χ2v) is 7.86. The van der Waals surface area contributed by atoms with Gasteiger partial charge in [-0.1, -0.05) is 35.9 Å². The van der Waals surface area contributed by atoms with Crippen molar-refractivity contribution in [2.45, 2.75) is 13.8 Å². The number of carbonyl (C=O) groups excluding carboxylic acids is 3. The van der Waals surface area contributed by atoms with Gasteiger partial charge >= 0.3 is 6.03 Å². The molecule has 4 amide bonds. The summed E-state index contributed by atoms with van der Waals surface area (Å²) in [6.45, 7) is 4.25. The van der Waals surface area contributed by atoms with Crippen molar-refractivity contribution in [1.29, 1.82) is 0 Å². The molecule has 33 heavy (non-hydrogen) atoms. The van der Waals surface area contributed by atoms with Crippen LogP contribution in [0.2, 0.25) is 0 Å². The highest BCUT2D eigenvalue weighted by molar-refractivity contribution is 6.39. The summed E-state index contributed by atoms with van der Waals surface area (Å²) >= 11 is 0. The van der Waals surface area contributed by atoms with Gasteiger partial charge < -0.3 is 9.30 Å². The molecule has 0 atom stereocenters. The van der Waals surface area contributed by atoms with Crippen molar-refractivity contribution in [2.75, 3.05) is 25.2 Å². The molecule has 7 nitrogen and oxygen atoms in total. The molecule has 1 aliphatic heterocycles. The highest BCUT2D eigenvalue weighted by Crippen LogP contribution is 2.27. The molecule has 4 rings (SSSR count). The molecule has 168 valence electrons. The van der Waals surface area contributed by atoms with E-state index in [9.17, 15) is 14.4 Å². The molecule has 1 saturated heterocycles. The lowest BCUT2D eigenvalue weighted by Gasteiger charge is -2.33. The number of para-hydroxylation sites is 1. The number of ether oxygens (including phenoxy) is 1. The van der Waals surface area contributed by atoms with Crippen LogP contribution in [0, 0.1) is 13.8 Å². The smallest absolute Gasteiger partial charge is 0.338 e. The zero-order chi connectivity index (χ0) is 23.5. The normalized spacial score (nSPS) is 15.6. The maximum Gasteiger partial charge on any atom is 0.338 e. The maximum atomic E-state index is 13.4. The van der Waals surface area contributed by atoms with E-state index in [0.29, 0.717) is 11.4 Å². The van der Waals surface area contributed by atoms with Crippen LogP contribution in [0.1, 0.15) is 16.8 Å². The minimum absolute atomic E-state index is 0.0419. The van der Waals surface area contributed by atoms with Gasteiger partial charge in [0, 0.05) is 24.7 Å². The lowest BCUT2D eigenvalue weighted by Crippen LogP contribution is -2.57. The number of amides is 4. The van der Waals surface area contributed by atoms with Crippen LogP contribution >= 0.6 is 0 Å². The number of carbonyl (C=O) groups is 3. The molecule has 0 bridgehead atoms. The number of urea groups is 1. The van der Waals surface area contributed by atoms with Crippen molar-refractivity contribution >= 4 is 29.6 Å². The molecule has 2 aromatic carbocycles. The van der Waals surface area contributed by atoms with Gasteiger partial charge in [-0.3, -0.25) is 14.5 Å². The summed E-state index contributed by atoms with van der Waals surface area (Å²) < 4.78 is 7.00. The first kappa shape index (κ1) is 22.2. The van der Waals surface area contributed by atoms with Gasteiger partial charge in [0.15, 0.2) is 0 Å². The first-order chi connectivity index (χ1) is 15.9. The summed E-state index contributed by atoms with van der Waals surface area (Å²) in [7, 11) is 1.49. The Morgan fingerprint density at radius 3 is 2.36 bits per heavy atom. The number of hydrogen-bond donors (Lipinski definition) is 0. The number of methoxy groups -OCH3 is 1. The molecular formula is C26H25N3O4. The molecule has 3 aromatic rings. The van der Waals surface area contributed by atoms with Crippen LogP contribution in [0.4, 0.5) is 10.5 Å². The van der Waals surface area contributed by atoms with Crippen LogP contribution in [0.15, 0.2) is 72.4 Å². The van der Waals surface area contributed by atoms with Crippen molar-refractivity contribution in [2.24, 2.45) is 0 Å². The van der Waals surface area contributed by atoms with Gasteiger partial charge in [0.05, 0.1) is 18.8 Å². The van der Waals surface area contributed by atoms with Crippen molar-refractivity contribution in [3.05, 3.63) is 89.3 Å². The van der Waals surface area contributed by atoms with Crippen molar-refractivity contribution < 1.29 is 19.1 Å². The highest BCUT2D eigenvalue weighted by Gasteiger charge is 2.42. The molecule has 2 heterocycles. The topological polar surface area (TPSA) is 71.8 Å². The fourth-order valence-corrected chi connectivity index (χ4v) is 3.91. The van der Waals surface area contributed by atoms with Crippen LogP contribution in [0.5, 0.6) is 0 Å². The second kappa shape index (κ2) is 9.26. The Balaban J connectivity index is 1.81. The Labute approximate surface area is 192 Å². The Morgan fingerprint density at radius 2 is 1.67 bits per heavy atom. The number of aryl methyl sites for hydroxylation is 2. The summed E-state index contributed by atoms with van der Waals surface area (Å²) in [6, 6.07) is 17.7. The van der Waals surface area contributed by atoms with Crippen molar-refractivity contribution in [3.63, 3.8) is 0 Å². The van der Waals surface area contributed by atoms with Gasteiger partial charge in [-0.15, -0.1) is 0 Å². The number of aromatic nitrogens is 1. The average molecular weight is 444 g/mol. The molecule has 0 radical (unpaired) electrons. The van der Waals surface area contributed by atoms with Gasteiger partial charge in [0.25, 0.3) is 11.8 Å². The zero-order valence-corrected chi connectivity index (χ0v) is 18.8. The standard InChI is InChI=1S/C26H25N3O4/c1-18-11-12-23(19(2)16-18)27-13-7-10-21(27)17-22-24(30)28(14-15-33-3)26(32)29(25(22)31)20-8-5-4-6-9-20/h4-13,16-17H,14-15H2,1-3H3/b22-17-. The number of rotatable bonds is 6. The molecule has 0 saturated carbocycles. The Bertz CT molecular complexity index is 1240. The van der Waals surface area contributed by atoms with E-state index in [1.165, 1.54) is 7.11 Å². The van der Waals surface area contributed by atoms with Crippen LogP contribution in [0.3, 0.4) is 0 Å². The zero-order valence-electron chi connectivity index (χ0n) is 18.8. The number of hydrogen-bond acceptors (Lipinski definition) is 4. The predicted molar refractivity (Wildman–Crippen MR) is 126 cm³/mol. The molecule has 1 fully saturated rings. The summed E-state index contributed by atoms with van der Waals surface area (Å²) in [6.07, 6.45) is 3.43. The molecule has 0 N–H and O–H groups in total. The Morgan fingerprint density at radius 1 is 0.909 bits per heavy atom. The summed E-state index contributed by atoms with van der Waals surface area (Å²) in [4.78, 5) is 41.8. The van der Waals surface area contributed by atoms with E-state index in [1.54, 1.807) is 36.4 Å². The largest absolute Gasteiger partial charge is 0.383 e. The lowest BCUT2D eigenvalue weighted by molar-refractivity contribution is -0.129. The fourth-order valence-electron chi connectivity index (χ4n) is 3.91. The average Bonchev–Trinajstić information content (AvgIpc) is 3.25. The third-order valence-electron chi connectivity index (χ3n) is 5.55. The van der Waals surface area contributed by atoms with E-state index < -0.39 is 17.8 Å². The number of imide groups is 2. The summed E-state index contributed by atoms with van der Waals surface area (Å²) in [5, 5.41) is 0. The number of barbiturate groups is 1. The SMILES string of the molecule is COCCN1C(=O)/C(=C/c2cccn2-c2ccc(C)cc2C)C(=O)N(c2ccccc2)C1=O. The molecular weight excluding hydrogens is 418 g/mol. The first-order valence-corrected chi connectivity index (χ1v) is 10.6. The van der Waals surface area contributed by atoms with E-state index in [1.807, 2.05) is 48.9 Å². The summed E-state index contributed by atoms with van der Waals surface area (Å²) in [5.74, 6) is -1.29. The van der Waals surface area contributed by atoms with Crippen LogP contribution in [-0.4, -0.2) is 47.6 Å². The van der Waals surface area contributed by atoms with Crippen LogP contribution < -0.4 is 4.90 Å². The summed E-state index contributed by atoms with van der Waals surface area (Å²) in [5.41, 5.74) is 4.13. The van der Waals surface area contributed by atoms with Gasteiger partial charge in [0.2, 0.25) is 0 Å². The Kier molecular flexibility index (Phi) is 6.24. The maximum absolute atomic E-state index is 13.4. The van der Waals surface area contributed by atoms with E-state index in [4.69, 9.17) is 4.74 Å². The van der Waals surface area contributed by atoms with Gasteiger partial charge in [-0.05, 0) is 55.8 Å². The fraction of sp³-hybridized carbons (Fsp3) is 0.192. The molecule has 1 aliphatic rings. The third kappa shape index (κ3) is 4.23. The second-order valence-electron chi connectivity index (χ2n) is 7.86. The van der Waals surface area contributed by atoms with E-state index >= 15 is 0 Å². The molecule has 0 spiro atoms. The quantitative estimate of drug-likeness (QED) is 0.424. The van der Waals surface area contributed by atoms with Crippen LogP contribution in [-0.2, 0) is 14.3 Å². The van der Waals surface area contributed by atoms with E-state index in [2.05, 4.69) is 6.07 Å². The predicted octanol–water partition coefficient (Wildman–Crippen LogP) is 4.12. The van der Waals surface area contributed by atoms with Crippen LogP contribution in [0.25, 0.3) is 11.8 Å². The minimum atomic E-state index is -0.685. The highest BCUT2D eigenvalue weighted by atomic mass is 16.5. The van der Waals surface area contributed by atoms with Gasteiger partial charge in [0.1, 0.15) is 5.57 Å². The lowest BCUT2D eigenvalue weighted by atomic mass is 10.1. The minimum Gasteiger partial charge on any atom is -0.383 e. The van der Waals surface area contributed by atoms with Gasteiger partial charge in [-0.2, -0.15) is 0 Å². The number of benzene rings is 2. The van der Waals surface area contributed by atoms with Crippen molar-refractivity contribution in [3.8, 4) is 5.69 Å². The monoisotopic (exact) mass is 443 g/mol. The number of anilines is 1. The number of nitrogens with zero attached hydrogens (tertiary/aromatic N) is 3. The van der Waals surface area contributed by atoms with Gasteiger partial charge in [-0.25, -0.2) is 9.69 Å². The van der Waals surface area contributed by atoms with E-state index in [-0.39, 0.29) is 18.7 Å². The Hall–Kier alpha value is -3.97. The molecule has 1 aromatic heterocycles. The molecule has 7 heteroatoms. The molecule has 0 aliphatic carbocycles. The van der Waals surface area contributed by atoms with Crippen molar-refractivity contribution in [1.82, 2.24) is 9.47 Å². The molecule has 0 unspecified atom stereocenters.